The lowest BCUT2D eigenvalue weighted by atomic mass is 9.49. The fraction of sp³-hybridized carbons (Fsp3) is 0.909. The van der Waals surface area contributed by atoms with Gasteiger partial charge in [-0.3, -0.25) is 5.41 Å². The van der Waals surface area contributed by atoms with Gasteiger partial charge in [0.05, 0.1) is 5.84 Å². The van der Waals surface area contributed by atoms with E-state index >= 15 is 0 Å². The van der Waals surface area contributed by atoms with Gasteiger partial charge >= 0.3 is 0 Å². The Hall–Kier alpha value is -0.530. The molecule has 4 aliphatic carbocycles. The third-order valence-corrected chi connectivity index (χ3v) is 4.61. The highest BCUT2D eigenvalue weighted by atomic mass is 14.8. The maximum Gasteiger partial charge on any atom is 0.0968 e. The predicted molar refractivity (Wildman–Crippen MR) is 52.5 cm³/mol. The lowest BCUT2D eigenvalue weighted by molar-refractivity contribution is -0.0133. The highest BCUT2D eigenvalue weighted by Crippen LogP contribution is 2.59. The molecule has 13 heavy (non-hydrogen) atoms. The standard InChI is InChI=1S/C11H18N2/c12-10(13)11-4-7-1-8(5-11)3-9(2-7)6-11/h7-9H,1-6H2,(H3,12,13). The van der Waals surface area contributed by atoms with Crippen LogP contribution >= 0.6 is 0 Å². The molecule has 0 atom stereocenters. The largest absolute Gasteiger partial charge is 0.387 e. The minimum Gasteiger partial charge on any atom is -0.387 e. The van der Waals surface area contributed by atoms with Gasteiger partial charge in [0.15, 0.2) is 0 Å². The zero-order chi connectivity index (χ0) is 9.05. The Morgan fingerprint density at radius 1 is 1.00 bits per heavy atom. The Kier molecular flexibility index (Phi) is 1.38. The minimum atomic E-state index is 0.161. The van der Waals surface area contributed by atoms with Crippen molar-refractivity contribution in [2.24, 2.45) is 28.9 Å². The first-order valence-corrected chi connectivity index (χ1v) is 5.52. The van der Waals surface area contributed by atoms with Crippen molar-refractivity contribution in [1.82, 2.24) is 0 Å². The smallest absolute Gasteiger partial charge is 0.0968 e. The molecule has 0 radical (unpaired) electrons. The SMILES string of the molecule is N=C(N)C12CC3CC(CC(C3)C1)C2. The van der Waals surface area contributed by atoms with Crippen molar-refractivity contribution < 1.29 is 0 Å². The monoisotopic (exact) mass is 178 g/mol. The average Bonchev–Trinajstić information content (AvgIpc) is 2.00. The third-order valence-electron chi connectivity index (χ3n) is 4.61. The first-order chi connectivity index (χ1) is 6.18. The van der Waals surface area contributed by atoms with Gasteiger partial charge in [0, 0.05) is 5.41 Å². The zero-order valence-electron chi connectivity index (χ0n) is 8.05. The van der Waals surface area contributed by atoms with E-state index in [2.05, 4.69) is 0 Å². The fourth-order valence-corrected chi connectivity index (χ4v) is 4.44. The molecule has 4 aliphatic rings. The summed E-state index contributed by atoms with van der Waals surface area (Å²) in [6.07, 6.45) is 8.00. The fourth-order valence-electron chi connectivity index (χ4n) is 4.44. The second-order valence-corrected chi connectivity index (χ2v) is 5.61. The summed E-state index contributed by atoms with van der Waals surface area (Å²) < 4.78 is 0. The molecular weight excluding hydrogens is 160 g/mol. The summed E-state index contributed by atoms with van der Waals surface area (Å²) in [5.74, 6) is 3.23. The molecule has 0 aromatic heterocycles. The van der Waals surface area contributed by atoms with E-state index in [0.29, 0.717) is 5.84 Å². The Bertz CT molecular complexity index is 222. The van der Waals surface area contributed by atoms with Crippen LogP contribution in [-0.4, -0.2) is 5.84 Å². The molecule has 2 heteroatoms. The molecule has 72 valence electrons. The van der Waals surface area contributed by atoms with Gasteiger partial charge in [-0.25, -0.2) is 0 Å². The number of hydrogen-bond acceptors (Lipinski definition) is 1. The number of hydrogen-bond donors (Lipinski definition) is 2. The van der Waals surface area contributed by atoms with E-state index in [1.54, 1.807) is 0 Å². The second kappa shape index (κ2) is 2.28. The second-order valence-electron chi connectivity index (χ2n) is 5.61. The summed E-state index contributed by atoms with van der Waals surface area (Å²) in [5, 5.41) is 7.75. The van der Waals surface area contributed by atoms with Crippen LogP contribution in [0, 0.1) is 28.6 Å². The van der Waals surface area contributed by atoms with Crippen molar-refractivity contribution in [2.75, 3.05) is 0 Å². The summed E-state index contributed by atoms with van der Waals surface area (Å²) in [7, 11) is 0. The summed E-state index contributed by atoms with van der Waals surface area (Å²) in [6, 6.07) is 0. The molecule has 0 unspecified atom stereocenters. The number of rotatable bonds is 1. The zero-order valence-corrected chi connectivity index (χ0v) is 8.05. The van der Waals surface area contributed by atoms with Gasteiger partial charge in [-0.15, -0.1) is 0 Å². The van der Waals surface area contributed by atoms with Crippen LogP contribution in [0.5, 0.6) is 0 Å². The number of amidine groups is 1. The van der Waals surface area contributed by atoms with Gasteiger partial charge in [-0.2, -0.15) is 0 Å². The molecular formula is C11H18N2. The molecule has 0 amide bonds. The molecule has 0 aromatic carbocycles. The highest BCUT2D eigenvalue weighted by molar-refractivity contribution is 5.84. The Morgan fingerprint density at radius 2 is 1.38 bits per heavy atom. The summed E-state index contributed by atoms with van der Waals surface area (Å²) >= 11 is 0. The van der Waals surface area contributed by atoms with E-state index in [1.807, 2.05) is 0 Å². The first kappa shape index (κ1) is 7.84. The van der Waals surface area contributed by atoms with Crippen LogP contribution in [0.15, 0.2) is 0 Å². The van der Waals surface area contributed by atoms with Crippen molar-refractivity contribution in [3.05, 3.63) is 0 Å². The maximum atomic E-state index is 7.75. The van der Waals surface area contributed by atoms with Crippen LogP contribution in [-0.2, 0) is 0 Å². The molecule has 0 saturated heterocycles. The Labute approximate surface area is 79.4 Å². The van der Waals surface area contributed by atoms with E-state index in [0.717, 1.165) is 17.8 Å². The quantitative estimate of drug-likeness (QED) is 0.469. The molecule has 0 heterocycles. The van der Waals surface area contributed by atoms with Gasteiger partial charge in [0.2, 0.25) is 0 Å². The molecule has 4 saturated carbocycles. The van der Waals surface area contributed by atoms with Crippen LogP contribution in [0.25, 0.3) is 0 Å². The van der Waals surface area contributed by atoms with E-state index in [9.17, 15) is 0 Å². The molecule has 0 aromatic rings. The summed E-state index contributed by atoms with van der Waals surface area (Å²) in [4.78, 5) is 0. The van der Waals surface area contributed by atoms with Crippen molar-refractivity contribution in [3.8, 4) is 0 Å². The van der Waals surface area contributed by atoms with Crippen molar-refractivity contribution >= 4 is 5.84 Å². The van der Waals surface area contributed by atoms with E-state index in [-0.39, 0.29) is 5.41 Å². The predicted octanol–water partition coefficient (Wildman–Crippen LogP) is 2.14. The van der Waals surface area contributed by atoms with Crippen LogP contribution in [0.1, 0.15) is 38.5 Å². The van der Waals surface area contributed by atoms with Gasteiger partial charge < -0.3 is 5.73 Å². The van der Waals surface area contributed by atoms with Crippen LogP contribution in [0.4, 0.5) is 0 Å². The Balaban J connectivity index is 1.95. The lowest BCUT2D eigenvalue weighted by Crippen LogP contribution is -2.52. The topological polar surface area (TPSA) is 49.9 Å². The summed E-state index contributed by atoms with van der Waals surface area (Å²) in [6.45, 7) is 0. The number of nitrogens with one attached hydrogen (secondary N) is 1. The van der Waals surface area contributed by atoms with E-state index in [1.165, 1.54) is 38.5 Å². The van der Waals surface area contributed by atoms with Gasteiger partial charge in [-0.1, -0.05) is 0 Å². The van der Waals surface area contributed by atoms with Crippen LogP contribution < -0.4 is 5.73 Å². The van der Waals surface area contributed by atoms with E-state index < -0.39 is 0 Å². The normalized spacial score (nSPS) is 52.5. The molecule has 2 nitrogen and oxygen atoms in total. The molecule has 0 spiro atoms. The Morgan fingerprint density at radius 3 is 1.69 bits per heavy atom. The maximum absolute atomic E-state index is 7.75. The van der Waals surface area contributed by atoms with Crippen molar-refractivity contribution in [3.63, 3.8) is 0 Å². The van der Waals surface area contributed by atoms with Crippen LogP contribution in [0.3, 0.4) is 0 Å². The molecule has 4 fully saturated rings. The first-order valence-electron chi connectivity index (χ1n) is 5.52. The van der Waals surface area contributed by atoms with Gasteiger partial charge in [0.25, 0.3) is 0 Å². The molecule has 0 aliphatic heterocycles. The number of nitrogens with two attached hydrogens (primary N) is 1. The molecule has 3 N–H and O–H groups in total. The lowest BCUT2D eigenvalue weighted by Gasteiger charge is -2.56. The molecule has 4 bridgehead atoms. The van der Waals surface area contributed by atoms with E-state index in [4.69, 9.17) is 11.1 Å². The molecule has 4 rings (SSSR count). The minimum absolute atomic E-state index is 0.161. The summed E-state index contributed by atoms with van der Waals surface area (Å²) in [5.41, 5.74) is 5.94. The third kappa shape index (κ3) is 0.976. The van der Waals surface area contributed by atoms with Crippen molar-refractivity contribution in [2.45, 2.75) is 38.5 Å². The van der Waals surface area contributed by atoms with Crippen molar-refractivity contribution in [1.29, 1.82) is 5.41 Å². The highest BCUT2D eigenvalue weighted by Gasteiger charge is 2.52. The average molecular weight is 178 g/mol. The van der Waals surface area contributed by atoms with Crippen LogP contribution in [0.2, 0.25) is 0 Å². The van der Waals surface area contributed by atoms with Gasteiger partial charge in [0.1, 0.15) is 0 Å². The van der Waals surface area contributed by atoms with Gasteiger partial charge in [-0.05, 0) is 56.3 Å².